The number of amides is 1. The second-order valence-electron chi connectivity index (χ2n) is 3.49. The highest BCUT2D eigenvalue weighted by molar-refractivity contribution is 6.28. The van der Waals surface area contributed by atoms with E-state index in [-0.39, 0.29) is 17.7 Å². The summed E-state index contributed by atoms with van der Waals surface area (Å²) in [6.45, 7) is 2.93. The van der Waals surface area contributed by atoms with Gasteiger partial charge in [-0.3, -0.25) is 4.79 Å². The molecule has 1 amide bonds. The first-order valence-electron chi connectivity index (χ1n) is 4.98. The van der Waals surface area contributed by atoms with Crippen molar-refractivity contribution in [1.29, 1.82) is 0 Å². The number of halogens is 1. The van der Waals surface area contributed by atoms with Gasteiger partial charge in [-0.15, -0.1) is 0 Å². The van der Waals surface area contributed by atoms with Crippen LogP contribution in [0.1, 0.15) is 6.92 Å². The molecule has 0 aromatic carbocycles. The fourth-order valence-electron chi connectivity index (χ4n) is 1.16. The lowest BCUT2D eigenvalue weighted by atomic mass is 10.4. The zero-order valence-electron chi connectivity index (χ0n) is 9.64. The molecule has 0 spiro atoms. The molecule has 5 nitrogen and oxygen atoms in total. The second kappa shape index (κ2) is 5.65. The van der Waals surface area contributed by atoms with Gasteiger partial charge in [-0.05, 0) is 24.6 Å². The van der Waals surface area contributed by atoms with Crippen molar-refractivity contribution < 1.29 is 4.79 Å². The predicted octanol–water partition coefficient (Wildman–Crippen LogP) is 1.04. The first-order valence-corrected chi connectivity index (χ1v) is 5.36. The normalized spacial score (nSPS) is 10.0. The van der Waals surface area contributed by atoms with Gasteiger partial charge in [0, 0.05) is 26.8 Å². The highest BCUT2D eigenvalue weighted by Crippen LogP contribution is 2.11. The summed E-state index contributed by atoms with van der Waals surface area (Å²) in [5.41, 5.74) is 0. The molecule has 88 valence electrons. The number of rotatable bonds is 4. The summed E-state index contributed by atoms with van der Waals surface area (Å²) in [5.74, 6) is 0.689. The lowest BCUT2D eigenvalue weighted by Crippen LogP contribution is -2.37. The van der Waals surface area contributed by atoms with E-state index in [4.69, 9.17) is 11.6 Å². The third kappa shape index (κ3) is 3.34. The molecule has 0 aliphatic carbocycles. The molecule has 0 saturated carbocycles. The minimum atomic E-state index is 0.0246. The summed E-state index contributed by atoms with van der Waals surface area (Å²) in [5, 5.41) is 0.188. The summed E-state index contributed by atoms with van der Waals surface area (Å²) in [4.78, 5) is 22.8. The Hall–Kier alpha value is -1.36. The second-order valence-corrected chi connectivity index (χ2v) is 3.82. The quantitative estimate of drug-likeness (QED) is 0.741. The Morgan fingerprint density at radius 2 is 2.19 bits per heavy atom. The van der Waals surface area contributed by atoms with Crippen LogP contribution < -0.4 is 4.90 Å². The number of nitrogens with zero attached hydrogens (tertiary/aromatic N) is 4. The van der Waals surface area contributed by atoms with Crippen molar-refractivity contribution in [3.05, 3.63) is 17.5 Å². The van der Waals surface area contributed by atoms with Crippen molar-refractivity contribution in [2.75, 3.05) is 32.1 Å². The van der Waals surface area contributed by atoms with E-state index in [0.29, 0.717) is 12.4 Å². The minimum Gasteiger partial charge on any atom is -0.347 e. The summed E-state index contributed by atoms with van der Waals surface area (Å²) in [6.07, 6.45) is 1.58. The van der Waals surface area contributed by atoms with Crippen LogP contribution in [-0.4, -0.2) is 48.0 Å². The summed E-state index contributed by atoms with van der Waals surface area (Å²) in [7, 11) is 3.45. The Labute approximate surface area is 100 Å². The molecule has 0 bridgehead atoms. The maximum Gasteiger partial charge on any atom is 0.241 e. The maximum absolute atomic E-state index is 11.6. The molecule has 0 atom stereocenters. The molecular formula is C10H15ClN4O. The first kappa shape index (κ1) is 12.7. The van der Waals surface area contributed by atoms with Crippen LogP contribution in [0.5, 0.6) is 0 Å². The Morgan fingerprint density at radius 1 is 1.50 bits per heavy atom. The van der Waals surface area contributed by atoms with Crippen LogP contribution in [0.25, 0.3) is 0 Å². The Bertz CT molecular complexity index is 370. The number of likely N-dealkylation sites (N-methyl/N-ethyl adjacent to an activating group) is 2. The van der Waals surface area contributed by atoms with Crippen LogP contribution in [0, 0.1) is 0 Å². The van der Waals surface area contributed by atoms with E-state index >= 15 is 0 Å². The van der Waals surface area contributed by atoms with Crippen molar-refractivity contribution in [3.8, 4) is 0 Å². The molecule has 16 heavy (non-hydrogen) atoms. The van der Waals surface area contributed by atoms with Gasteiger partial charge in [0.2, 0.25) is 11.2 Å². The Kier molecular flexibility index (Phi) is 4.49. The monoisotopic (exact) mass is 242 g/mol. The number of carbonyl (C=O) groups excluding carboxylic acids is 1. The van der Waals surface area contributed by atoms with Crippen LogP contribution in [0.2, 0.25) is 5.28 Å². The lowest BCUT2D eigenvalue weighted by molar-refractivity contribution is -0.127. The van der Waals surface area contributed by atoms with E-state index in [1.165, 1.54) is 0 Å². The summed E-state index contributed by atoms with van der Waals surface area (Å²) in [6, 6.07) is 1.73. The average molecular weight is 243 g/mol. The van der Waals surface area contributed by atoms with Crippen molar-refractivity contribution in [1.82, 2.24) is 14.9 Å². The van der Waals surface area contributed by atoms with Gasteiger partial charge in [0.15, 0.2) is 0 Å². The van der Waals surface area contributed by atoms with Crippen LogP contribution in [0.3, 0.4) is 0 Å². The van der Waals surface area contributed by atoms with E-state index in [1.54, 1.807) is 31.3 Å². The van der Waals surface area contributed by atoms with Gasteiger partial charge in [0.25, 0.3) is 0 Å². The van der Waals surface area contributed by atoms with Gasteiger partial charge in [0.05, 0.1) is 6.54 Å². The van der Waals surface area contributed by atoms with E-state index in [9.17, 15) is 4.79 Å². The maximum atomic E-state index is 11.6. The Balaban J connectivity index is 2.78. The van der Waals surface area contributed by atoms with Crippen molar-refractivity contribution in [3.63, 3.8) is 0 Å². The SMILES string of the molecule is CCN(CC(=O)N(C)C)c1ccnc(Cl)n1. The summed E-state index contributed by atoms with van der Waals surface area (Å²) >= 11 is 5.70. The van der Waals surface area contributed by atoms with E-state index < -0.39 is 0 Å². The van der Waals surface area contributed by atoms with Crippen LogP contribution in [0.15, 0.2) is 12.3 Å². The van der Waals surface area contributed by atoms with Crippen LogP contribution in [-0.2, 0) is 4.79 Å². The highest BCUT2D eigenvalue weighted by Gasteiger charge is 2.12. The number of hydrogen-bond donors (Lipinski definition) is 0. The topological polar surface area (TPSA) is 49.3 Å². The molecule has 0 N–H and O–H groups in total. The number of carbonyl (C=O) groups is 1. The van der Waals surface area contributed by atoms with Gasteiger partial charge >= 0.3 is 0 Å². The largest absolute Gasteiger partial charge is 0.347 e. The molecule has 0 unspecified atom stereocenters. The fourth-order valence-corrected chi connectivity index (χ4v) is 1.30. The highest BCUT2D eigenvalue weighted by atomic mass is 35.5. The van der Waals surface area contributed by atoms with E-state index in [1.807, 2.05) is 11.8 Å². The molecule has 1 heterocycles. The van der Waals surface area contributed by atoms with Gasteiger partial charge in [-0.25, -0.2) is 9.97 Å². The zero-order valence-corrected chi connectivity index (χ0v) is 10.4. The number of aromatic nitrogens is 2. The average Bonchev–Trinajstić information content (AvgIpc) is 2.25. The molecule has 1 rings (SSSR count). The lowest BCUT2D eigenvalue weighted by Gasteiger charge is -2.22. The predicted molar refractivity (Wildman–Crippen MR) is 63.6 cm³/mol. The molecule has 6 heteroatoms. The summed E-state index contributed by atoms with van der Waals surface area (Å²) < 4.78 is 0. The smallest absolute Gasteiger partial charge is 0.241 e. The van der Waals surface area contributed by atoms with Gasteiger partial charge in [-0.2, -0.15) is 0 Å². The standard InChI is InChI=1S/C10H15ClN4O/c1-4-15(7-9(16)14(2)3)8-5-6-12-10(11)13-8/h5-6H,4,7H2,1-3H3. The van der Waals surface area contributed by atoms with Gasteiger partial charge < -0.3 is 9.80 Å². The molecule has 0 fully saturated rings. The molecule has 0 radical (unpaired) electrons. The molecule has 0 aliphatic rings. The minimum absolute atomic E-state index is 0.0246. The van der Waals surface area contributed by atoms with Gasteiger partial charge in [0.1, 0.15) is 5.82 Å². The van der Waals surface area contributed by atoms with Crippen LogP contribution >= 0.6 is 11.6 Å². The number of hydrogen-bond acceptors (Lipinski definition) is 4. The number of anilines is 1. The fraction of sp³-hybridized carbons (Fsp3) is 0.500. The van der Waals surface area contributed by atoms with Crippen LogP contribution in [0.4, 0.5) is 5.82 Å². The van der Waals surface area contributed by atoms with E-state index in [2.05, 4.69) is 9.97 Å². The Morgan fingerprint density at radius 3 is 2.69 bits per heavy atom. The zero-order chi connectivity index (χ0) is 12.1. The third-order valence-corrected chi connectivity index (χ3v) is 2.32. The van der Waals surface area contributed by atoms with Crippen molar-refractivity contribution in [2.45, 2.75) is 6.92 Å². The first-order chi connectivity index (χ1) is 7.54. The third-order valence-electron chi connectivity index (χ3n) is 2.14. The molecule has 1 aromatic heterocycles. The molecule has 0 aliphatic heterocycles. The molecule has 0 saturated heterocycles. The molecule has 1 aromatic rings. The molecular weight excluding hydrogens is 228 g/mol. The van der Waals surface area contributed by atoms with Gasteiger partial charge in [-0.1, -0.05) is 0 Å². The van der Waals surface area contributed by atoms with Crippen molar-refractivity contribution in [2.24, 2.45) is 0 Å². The van der Waals surface area contributed by atoms with Crippen molar-refractivity contribution >= 4 is 23.3 Å². The van der Waals surface area contributed by atoms with E-state index in [0.717, 1.165) is 0 Å².